The van der Waals surface area contributed by atoms with Crippen molar-refractivity contribution >= 4 is 22.6 Å². The number of phenolic OH excluding ortho intramolecular Hbond substituents is 1. The average molecular weight is 284 g/mol. The lowest BCUT2D eigenvalue weighted by Crippen LogP contribution is -2.43. The summed E-state index contributed by atoms with van der Waals surface area (Å²) < 4.78 is 0. The molecule has 1 aliphatic rings. The number of likely N-dealkylation sites (N-methyl/N-ethyl adjacent to an activating group) is 1. The number of hydrogen-bond donors (Lipinski definition) is 1. The Labute approximate surface area is 122 Å². The normalized spacial score (nSPS) is 14.3. The molecule has 0 atom stereocenters. The zero-order chi connectivity index (χ0) is 15.1. The molecule has 2 aromatic carbocycles. The number of rotatable bonds is 3. The van der Waals surface area contributed by atoms with E-state index in [1.807, 2.05) is 19.0 Å². The van der Waals surface area contributed by atoms with Gasteiger partial charge in [-0.3, -0.25) is 14.5 Å². The number of carbonyl (C=O) groups excluding carboxylic acids is 2. The zero-order valence-electron chi connectivity index (χ0n) is 12.0. The highest BCUT2D eigenvalue weighted by Crippen LogP contribution is 2.34. The van der Waals surface area contributed by atoms with Crippen molar-refractivity contribution in [1.82, 2.24) is 9.80 Å². The number of imide groups is 1. The first-order chi connectivity index (χ1) is 10.0. The first kappa shape index (κ1) is 13.6. The summed E-state index contributed by atoms with van der Waals surface area (Å²) in [7, 11) is 3.79. The number of nitrogens with zero attached hydrogens (tertiary/aromatic N) is 2. The average Bonchev–Trinajstić information content (AvgIpc) is 2.45. The summed E-state index contributed by atoms with van der Waals surface area (Å²) in [5.74, 6) is -0.519. The van der Waals surface area contributed by atoms with E-state index in [0.29, 0.717) is 35.0 Å². The van der Waals surface area contributed by atoms with Crippen LogP contribution in [0.1, 0.15) is 20.7 Å². The molecular weight excluding hydrogens is 268 g/mol. The van der Waals surface area contributed by atoms with Crippen LogP contribution in [0.25, 0.3) is 10.8 Å². The molecule has 2 amide bonds. The smallest absolute Gasteiger partial charge is 0.261 e. The molecule has 1 heterocycles. The van der Waals surface area contributed by atoms with Crippen molar-refractivity contribution in [2.75, 3.05) is 27.2 Å². The van der Waals surface area contributed by atoms with Gasteiger partial charge in [0.2, 0.25) is 0 Å². The summed E-state index contributed by atoms with van der Waals surface area (Å²) in [6, 6.07) is 8.22. The highest BCUT2D eigenvalue weighted by Gasteiger charge is 2.32. The van der Waals surface area contributed by atoms with Gasteiger partial charge in [-0.05, 0) is 32.3 Å². The number of amides is 2. The Kier molecular flexibility index (Phi) is 3.14. The molecule has 0 bridgehead atoms. The number of hydrogen-bond acceptors (Lipinski definition) is 4. The minimum atomic E-state index is -0.300. The Hall–Kier alpha value is -2.40. The molecule has 1 aliphatic heterocycles. The Morgan fingerprint density at radius 1 is 1.05 bits per heavy atom. The molecule has 0 unspecified atom stereocenters. The molecule has 0 saturated heterocycles. The molecule has 0 fully saturated rings. The largest absolute Gasteiger partial charge is 0.507 e. The van der Waals surface area contributed by atoms with E-state index in [-0.39, 0.29) is 17.6 Å². The minimum absolute atomic E-state index is 0.0814. The van der Waals surface area contributed by atoms with E-state index in [2.05, 4.69) is 0 Å². The van der Waals surface area contributed by atoms with Crippen LogP contribution in [0.5, 0.6) is 5.75 Å². The van der Waals surface area contributed by atoms with E-state index in [9.17, 15) is 14.7 Å². The standard InChI is InChI=1S/C16H16N2O3/c1-17(2)8-9-18-15(20)11-5-3-4-10-13(19)7-6-12(14(10)11)16(18)21/h3-7,19H,8-9H2,1-2H3. The summed E-state index contributed by atoms with van der Waals surface area (Å²) in [6.07, 6.45) is 0. The van der Waals surface area contributed by atoms with E-state index in [1.165, 1.54) is 11.0 Å². The van der Waals surface area contributed by atoms with Crippen LogP contribution in [0.15, 0.2) is 30.3 Å². The Morgan fingerprint density at radius 3 is 2.38 bits per heavy atom. The Morgan fingerprint density at radius 2 is 1.71 bits per heavy atom. The van der Waals surface area contributed by atoms with Crippen LogP contribution in [0, 0.1) is 0 Å². The second-order valence-corrected chi connectivity index (χ2v) is 5.43. The third-order valence-electron chi connectivity index (χ3n) is 3.74. The predicted molar refractivity (Wildman–Crippen MR) is 79.5 cm³/mol. The van der Waals surface area contributed by atoms with Crippen LogP contribution in [0.3, 0.4) is 0 Å². The molecule has 21 heavy (non-hydrogen) atoms. The predicted octanol–water partition coefficient (Wildman–Crippen LogP) is 1.70. The van der Waals surface area contributed by atoms with E-state index in [1.54, 1.807) is 24.3 Å². The third-order valence-corrected chi connectivity index (χ3v) is 3.74. The van der Waals surface area contributed by atoms with Gasteiger partial charge in [0.1, 0.15) is 5.75 Å². The highest BCUT2D eigenvalue weighted by atomic mass is 16.3. The molecule has 0 aliphatic carbocycles. The van der Waals surface area contributed by atoms with Crippen LogP contribution in [-0.4, -0.2) is 53.9 Å². The van der Waals surface area contributed by atoms with Crippen LogP contribution < -0.4 is 0 Å². The maximum atomic E-state index is 12.5. The highest BCUT2D eigenvalue weighted by molar-refractivity contribution is 6.26. The molecule has 0 spiro atoms. The lowest BCUT2D eigenvalue weighted by atomic mass is 9.93. The Bertz CT molecular complexity index is 730. The molecule has 5 nitrogen and oxygen atoms in total. The third kappa shape index (κ3) is 2.06. The minimum Gasteiger partial charge on any atom is -0.507 e. The maximum absolute atomic E-state index is 12.5. The molecule has 0 saturated carbocycles. The second-order valence-electron chi connectivity index (χ2n) is 5.43. The number of benzene rings is 2. The fraction of sp³-hybridized carbons (Fsp3) is 0.250. The van der Waals surface area contributed by atoms with Crippen molar-refractivity contribution in [1.29, 1.82) is 0 Å². The lowest BCUT2D eigenvalue weighted by Gasteiger charge is -2.28. The zero-order valence-corrected chi connectivity index (χ0v) is 12.0. The van der Waals surface area contributed by atoms with Gasteiger partial charge < -0.3 is 10.0 Å². The number of carbonyl (C=O) groups is 2. The van der Waals surface area contributed by atoms with Gasteiger partial charge in [-0.1, -0.05) is 12.1 Å². The molecule has 0 radical (unpaired) electrons. The van der Waals surface area contributed by atoms with Crippen LogP contribution in [0.4, 0.5) is 0 Å². The lowest BCUT2D eigenvalue weighted by molar-refractivity contribution is 0.0601. The fourth-order valence-electron chi connectivity index (χ4n) is 2.63. The van der Waals surface area contributed by atoms with Gasteiger partial charge >= 0.3 is 0 Å². The Balaban J connectivity index is 2.15. The summed E-state index contributed by atoms with van der Waals surface area (Å²) in [5.41, 5.74) is 0.938. The van der Waals surface area contributed by atoms with Gasteiger partial charge in [0.15, 0.2) is 0 Å². The quantitative estimate of drug-likeness (QED) is 0.872. The van der Waals surface area contributed by atoms with Crippen LogP contribution >= 0.6 is 0 Å². The van der Waals surface area contributed by atoms with E-state index < -0.39 is 0 Å². The summed E-state index contributed by atoms with van der Waals surface area (Å²) in [6.45, 7) is 0.961. The maximum Gasteiger partial charge on any atom is 0.261 e. The van der Waals surface area contributed by atoms with Gasteiger partial charge in [0.25, 0.3) is 11.8 Å². The van der Waals surface area contributed by atoms with Gasteiger partial charge in [-0.2, -0.15) is 0 Å². The number of aromatic hydroxyl groups is 1. The fourth-order valence-corrected chi connectivity index (χ4v) is 2.63. The molecule has 2 aromatic rings. The van der Waals surface area contributed by atoms with Gasteiger partial charge in [-0.25, -0.2) is 0 Å². The first-order valence-electron chi connectivity index (χ1n) is 6.76. The molecule has 0 aromatic heterocycles. The van der Waals surface area contributed by atoms with Crippen molar-refractivity contribution in [2.24, 2.45) is 0 Å². The topological polar surface area (TPSA) is 60.9 Å². The van der Waals surface area contributed by atoms with Crippen molar-refractivity contribution in [3.63, 3.8) is 0 Å². The molecular formula is C16H16N2O3. The van der Waals surface area contributed by atoms with Crippen molar-refractivity contribution in [2.45, 2.75) is 0 Å². The van der Waals surface area contributed by atoms with Gasteiger partial charge in [0, 0.05) is 35.0 Å². The van der Waals surface area contributed by atoms with E-state index >= 15 is 0 Å². The molecule has 1 N–H and O–H groups in total. The van der Waals surface area contributed by atoms with Crippen molar-refractivity contribution in [3.8, 4) is 5.75 Å². The molecule has 3 rings (SSSR count). The van der Waals surface area contributed by atoms with E-state index in [4.69, 9.17) is 0 Å². The van der Waals surface area contributed by atoms with Gasteiger partial charge in [0.05, 0.1) is 0 Å². The van der Waals surface area contributed by atoms with Gasteiger partial charge in [-0.15, -0.1) is 0 Å². The summed E-state index contributed by atoms with van der Waals surface area (Å²) in [5, 5.41) is 11.0. The van der Waals surface area contributed by atoms with Crippen molar-refractivity contribution < 1.29 is 14.7 Å². The van der Waals surface area contributed by atoms with Crippen molar-refractivity contribution in [3.05, 3.63) is 41.5 Å². The first-order valence-corrected chi connectivity index (χ1v) is 6.76. The van der Waals surface area contributed by atoms with Crippen LogP contribution in [-0.2, 0) is 0 Å². The molecule has 108 valence electrons. The SMILES string of the molecule is CN(C)CCN1C(=O)c2cccc3c(O)ccc(c23)C1=O. The summed E-state index contributed by atoms with van der Waals surface area (Å²) in [4.78, 5) is 28.3. The molecule has 5 heteroatoms. The number of phenols is 1. The monoisotopic (exact) mass is 284 g/mol. The summed E-state index contributed by atoms with van der Waals surface area (Å²) >= 11 is 0. The van der Waals surface area contributed by atoms with E-state index in [0.717, 1.165) is 0 Å². The van der Waals surface area contributed by atoms with Crippen LogP contribution in [0.2, 0.25) is 0 Å². The second kappa shape index (κ2) is 4.86.